The average molecular weight is 254 g/mol. The van der Waals surface area contributed by atoms with Gasteiger partial charge in [0.15, 0.2) is 11.5 Å². The fourth-order valence-electron chi connectivity index (χ4n) is 1.53. The Balaban J connectivity index is 2.50. The first-order valence-electron chi connectivity index (χ1n) is 4.88. The van der Waals surface area contributed by atoms with Crippen molar-refractivity contribution < 1.29 is 24.2 Å². The number of hydrogen-bond acceptors (Lipinski definition) is 5. The second-order valence-corrected chi connectivity index (χ2v) is 4.18. The Morgan fingerprint density at radius 3 is 2.35 bits per heavy atom. The Labute approximate surface area is 102 Å². The minimum absolute atomic E-state index is 0.134. The highest BCUT2D eigenvalue weighted by Crippen LogP contribution is 2.36. The lowest BCUT2D eigenvalue weighted by Gasteiger charge is -2.20. The van der Waals surface area contributed by atoms with E-state index in [1.165, 1.54) is 17.8 Å². The molecular formula is C11H10O5S. The van der Waals surface area contributed by atoms with Crippen LogP contribution in [0.25, 0.3) is 0 Å². The van der Waals surface area contributed by atoms with Crippen LogP contribution in [-0.4, -0.2) is 36.3 Å². The zero-order valence-corrected chi connectivity index (χ0v) is 9.87. The maximum absolute atomic E-state index is 11.5. The summed E-state index contributed by atoms with van der Waals surface area (Å²) < 4.78 is 10.7. The Bertz CT molecular complexity index is 483. The van der Waals surface area contributed by atoms with E-state index in [-0.39, 0.29) is 5.56 Å². The summed E-state index contributed by atoms with van der Waals surface area (Å²) in [6.07, 6.45) is 1.77. The molecule has 1 aromatic rings. The summed E-state index contributed by atoms with van der Waals surface area (Å²) in [5.74, 6) is -1.45. The molecule has 0 unspecified atom stereocenters. The molecule has 1 N–H and O–H groups in total. The van der Waals surface area contributed by atoms with Crippen LogP contribution < -0.4 is 9.47 Å². The van der Waals surface area contributed by atoms with Gasteiger partial charge in [0, 0.05) is 10.5 Å². The molecule has 1 aromatic carbocycles. The number of carbonyl (C=O) groups is 2. The average Bonchev–Trinajstić information content (AvgIpc) is 2.36. The fraction of sp³-hybridized carbons (Fsp3) is 0.273. The lowest BCUT2D eigenvalue weighted by Crippen LogP contribution is -2.18. The van der Waals surface area contributed by atoms with E-state index in [1.807, 2.05) is 0 Å². The second-order valence-electron chi connectivity index (χ2n) is 3.33. The molecule has 0 amide bonds. The van der Waals surface area contributed by atoms with Crippen LogP contribution in [0.3, 0.4) is 0 Å². The fourth-order valence-corrected chi connectivity index (χ4v) is 2.13. The van der Waals surface area contributed by atoms with Crippen LogP contribution in [0.4, 0.5) is 0 Å². The summed E-state index contributed by atoms with van der Waals surface area (Å²) in [5, 5.41) is 8.73. The van der Waals surface area contributed by atoms with Crippen molar-refractivity contribution in [3.8, 4) is 11.5 Å². The molecule has 5 nitrogen and oxygen atoms in total. The first-order chi connectivity index (χ1) is 8.13. The van der Waals surface area contributed by atoms with E-state index < -0.39 is 11.8 Å². The quantitative estimate of drug-likeness (QED) is 0.500. The summed E-state index contributed by atoms with van der Waals surface area (Å²) in [4.78, 5) is 22.8. The number of hydrogen-bond donors (Lipinski definition) is 1. The van der Waals surface area contributed by atoms with Crippen molar-refractivity contribution in [3.05, 3.63) is 17.7 Å². The van der Waals surface area contributed by atoms with Crippen molar-refractivity contribution in [1.29, 1.82) is 0 Å². The van der Waals surface area contributed by atoms with Gasteiger partial charge in [-0.25, -0.2) is 4.79 Å². The minimum Gasteiger partial charge on any atom is -0.486 e. The van der Waals surface area contributed by atoms with Crippen molar-refractivity contribution in [2.45, 2.75) is 4.90 Å². The molecule has 0 fully saturated rings. The Morgan fingerprint density at radius 2 is 1.82 bits per heavy atom. The number of fused-ring (bicyclic) bond motifs is 1. The normalized spacial score (nSPS) is 13.2. The van der Waals surface area contributed by atoms with E-state index in [0.29, 0.717) is 29.6 Å². The molecule has 0 spiro atoms. The lowest BCUT2D eigenvalue weighted by atomic mass is 10.1. The summed E-state index contributed by atoms with van der Waals surface area (Å²) in [6, 6.07) is 3.06. The van der Waals surface area contributed by atoms with Gasteiger partial charge in [-0.2, -0.15) is 0 Å². The lowest BCUT2D eigenvalue weighted by molar-refractivity contribution is -0.131. The van der Waals surface area contributed by atoms with Gasteiger partial charge in [0.05, 0.1) is 0 Å². The Kier molecular flexibility index (Phi) is 3.23. The Morgan fingerprint density at radius 1 is 1.24 bits per heavy atom. The van der Waals surface area contributed by atoms with Crippen LogP contribution in [-0.2, 0) is 4.79 Å². The molecule has 0 atom stereocenters. The van der Waals surface area contributed by atoms with Crippen molar-refractivity contribution in [2.75, 3.05) is 19.5 Å². The number of ketones is 1. The molecule has 0 aromatic heterocycles. The summed E-state index contributed by atoms with van der Waals surface area (Å²) in [7, 11) is 0. The van der Waals surface area contributed by atoms with Crippen LogP contribution in [0.15, 0.2) is 17.0 Å². The molecule has 1 aliphatic rings. The molecule has 0 saturated carbocycles. The molecule has 0 aliphatic carbocycles. The van der Waals surface area contributed by atoms with E-state index >= 15 is 0 Å². The molecule has 1 aliphatic heterocycles. The van der Waals surface area contributed by atoms with Crippen LogP contribution >= 0.6 is 11.8 Å². The highest BCUT2D eigenvalue weighted by atomic mass is 32.2. The zero-order valence-electron chi connectivity index (χ0n) is 9.06. The van der Waals surface area contributed by atoms with Crippen molar-refractivity contribution >= 4 is 23.5 Å². The van der Waals surface area contributed by atoms with Gasteiger partial charge in [0.2, 0.25) is 0 Å². The predicted octanol–water partition coefficient (Wildman–Crippen LogP) is 1.45. The van der Waals surface area contributed by atoms with E-state index in [9.17, 15) is 9.59 Å². The number of aliphatic carboxylic acids is 1. The zero-order chi connectivity index (χ0) is 12.4. The summed E-state index contributed by atoms with van der Waals surface area (Å²) in [5.41, 5.74) is 0.134. The van der Waals surface area contributed by atoms with E-state index in [1.54, 1.807) is 12.3 Å². The van der Waals surface area contributed by atoms with Gasteiger partial charge in [0.25, 0.3) is 5.78 Å². The molecule has 0 saturated heterocycles. The first kappa shape index (κ1) is 11.8. The molecular weight excluding hydrogens is 244 g/mol. The number of carbonyl (C=O) groups excluding carboxylic acids is 1. The van der Waals surface area contributed by atoms with E-state index in [0.717, 1.165) is 0 Å². The van der Waals surface area contributed by atoms with Gasteiger partial charge in [0.1, 0.15) is 13.2 Å². The van der Waals surface area contributed by atoms with Gasteiger partial charge >= 0.3 is 5.97 Å². The predicted molar refractivity (Wildman–Crippen MR) is 61.2 cm³/mol. The molecule has 2 rings (SSSR count). The second kappa shape index (κ2) is 4.67. The van der Waals surface area contributed by atoms with Gasteiger partial charge < -0.3 is 14.6 Å². The first-order valence-corrected chi connectivity index (χ1v) is 6.11. The third kappa shape index (κ3) is 2.21. The van der Waals surface area contributed by atoms with Crippen LogP contribution in [0, 0.1) is 0 Å². The summed E-state index contributed by atoms with van der Waals surface area (Å²) >= 11 is 1.29. The van der Waals surface area contributed by atoms with Crippen molar-refractivity contribution in [3.63, 3.8) is 0 Å². The van der Waals surface area contributed by atoms with Crippen molar-refractivity contribution in [1.82, 2.24) is 0 Å². The monoisotopic (exact) mass is 254 g/mol. The number of Topliss-reactive ketones (excluding diaryl/α,β-unsaturated/α-hetero) is 1. The number of benzene rings is 1. The number of rotatable bonds is 3. The van der Waals surface area contributed by atoms with E-state index in [2.05, 4.69) is 0 Å². The number of thioether (sulfide) groups is 1. The smallest absolute Gasteiger partial charge is 0.377 e. The Hall–Kier alpha value is -1.69. The number of ether oxygens (including phenoxy) is 2. The van der Waals surface area contributed by atoms with Gasteiger partial charge in [-0.05, 0) is 18.4 Å². The van der Waals surface area contributed by atoms with Crippen LogP contribution in [0.2, 0.25) is 0 Å². The highest BCUT2D eigenvalue weighted by Gasteiger charge is 2.23. The SMILES string of the molecule is CSc1cc2c(cc1C(=O)C(=O)O)OCCO2. The largest absolute Gasteiger partial charge is 0.486 e. The van der Waals surface area contributed by atoms with Gasteiger partial charge in [-0.1, -0.05) is 0 Å². The molecule has 17 heavy (non-hydrogen) atoms. The minimum atomic E-state index is -1.48. The van der Waals surface area contributed by atoms with Gasteiger partial charge in [-0.15, -0.1) is 11.8 Å². The maximum Gasteiger partial charge on any atom is 0.377 e. The maximum atomic E-state index is 11.5. The standard InChI is InChI=1S/C11H10O5S/c1-17-9-5-8-7(15-2-3-16-8)4-6(9)10(12)11(13)14/h4-5H,2-3H2,1H3,(H,13,14). The number of carboxylic acids is 1. The molecule has 1 heterocycles. The highest BCUT2D eigenvalue weighted by molar-refractivity contribution is 7.98. The third-order valence-electron chi connectivity index (χ3n) is 2.30. The van der Waals surface area contributed by atoms with Crippen LogP contribution in [0.5, 0.6) is 11.5 Å². The van der Waals surface area contributed by atoms with Gasteiger partial charge in [-0.3, -0.25) is 4.79 Å². The van der Waals surface area contributed by atoms with Crippen molar-refractivity contribution in [2.24, 2.45) is 0 Å². The third-order valence-corrected chi connectivity index (χ3v) is 3.08. The molecule has 0 bridgehead atoms. The topological polar surface area (TPSA) is 72.8 Å². The summed E-state index contributed by atoms with van der Waals surface area (Å²) in [6.45, 7) is 0.847. The van der Waals surface area contributed by atoms with Crippen LogP contribution in [0.1, 0.15) is 10.4 Å². The number of carboxylic acid groups (broad SMARTS) is 1. The molecule has 90 valence electrons. The molecule has 6 heteroatoms. The molecule has 0 radical (unpaired) electrons. The van der Waals surface area contributed by atoms with E-state index in [4.69, 9.17) is 14.6 Å².